The number of amides is 1. The lowest BCUT2D eigenvalue weighted by molar-refractivity contribution is -0.111. The Kier molecular flexibility index (Phi) is 14.8. The van der Waals surface area contributed by atoms with Crippen LogP contribution in [-0.2, 0) is 14.4 Å². The Balaban J connectivity index is 0.799. The Morgan fingerprint density at radius 2 is 1.29 bits per heavy atom. The summed E-state index contributed by atoms with van der Waals surface area (Å²) in [6.45, 7) is 1.84. The molecule has 0 aromatic carbocycles. The first-order valence-electron chi connectivity index (χ1n) is 19.6. The van der Waals surface area contributed by atoms with Gasteiger partial charge in [-0.3, -0.25) is 33.6 Å². The van der Waals surface area contributed by atoms with Crippen molar-refractivity contribution in [1.29, 1.82) is 0 Å². The largest absolute Gasteiger partial charge is 0.478 e. The minimum absolute atomic E-state index is 0.0692. The molecule has 3 aliphatic rings. The van der Waals surface area contributed by atoms with Gasteiger partial charge in [0, 0.05) is 34.8 Å². The predicted molar refractivity (Wildman–Crippen MR) is 223 cm³/mol. The fourth-order valence-electron chi connectivity index (χ4n) is 7.10. The van der Waals surface area contributed by atoms with Crippen molar-refractivity contribution in [3.8, 4) is 11.3 Å². The van der Waals surface area contributed by atoms with E-state index < -0.39 is 76.3 Å². The van der Waals surface area contributed by atoms with Crippen LogP contribution in [0.5, 0.6) is 0 Å². The summed E-state index contributed by atoms with van der Waals surface area (Å²) >= 11 is 0. The minimum atomic E-state index is -1.50. The topological polar surface area (TPSA) is 286 Å². The number of ether oxygens (including phenoxy) is 1. The highest BCUT2D eigenvalue weighted by Gasteiger charge is 2.40. The van der Waals surface area contributed by atoms with Crippen LogP contribution >= 0.6 is 21.6 Å². The second kappa shape index (κ2) is 20.2. The minimum Gasteiger partial charge on any atom is -0.478 e. The molecule has 0 radical (unpaired) electrons. The van der Waals surface area contributed by atoms with E-state index in [0.717, 1.165) is 73.8 Å². The third-order valence-electron chi connectivity index (χ3n) is 10.1. The number of Topliss-reactive ketones (excluding diaryl/α,β-unsaturated/α-hetero) is 5. The van der Waals surface area contributed by atoms with Crippen molar-refractivity contribution in [3.63, 3.8) is 0 Å². The molecule has 20 heteroatoms. The van der Waals surface area contributed by atoms with E-state index in [0.29, 0.717) is 24.8 Å². The number of fused-ring (bicyclic) bond motifs is 5. The molecular formula is C42H40N4O14S2. The second-order valence-electron chi connectivity index (χ2n) is 14.5. The fraction of sp³-hybridized carbons (Fsp3) is 0.357. The predicted octanol–water partition coefficient (Wildman–Crippen LogP) is 5.88. The van der Waals surface area contributed by atoms with E-state index >= 15 is 0 Å². The van der Waals surface area contributed by atoms with Gasteiger partial charge in [-0.2, -0.15) is 0 Å². The van der Waals surface area contributed by atoms with Gasteiger partial charge in [0.1, 0.15) is 35.1 Å². The van der Waals surface area contributed by atoms with E-state index in [1.807, 2.05) is 0 Å². The lowest BCUT2D eigenvalue weighted by Gasteiger charge is -2.19. The highest BCUT2D eigenvalue weighted by atomic mass is 33.1. The number of carbonyl (C=O) groups excluding carboxylic acids is 6. The van der Waals surface area contributed by atoms with E-state index in [4.69, 9.17) is 9.57 Å². The molecule has 0 saturated carbocycles. The van der Waals surface area contributed by atoms with Crippen LogP contribution in [0.4, 0.5) is 0 Å². The third kappa shape index (κ3) is 9.99. The van der Waals surface area contributed by atoms with Gasteiger partial charge in [-0.05, 0) is 62.8 Å². The summed E-state index contributed by atoms with van der Waals surface area (Å²) < 4.78 is 5.48. The number of hydrogen-bond acceptors (Lipinski definition) is 15. The highest BCUT2D eigenvalue weighted by molar-refractivity contribution is 8.76. The standard InChI is InChI=1S/C42H40N4O14S2/c1-20-14-21-22(15-20)35(48)37(50)33-30(21)23(40(53)54)17-27(44-33)39(52)46-60-11-7-3-5-9-13-62-61-12-8-4-2-6-10-59-19-29(47)26-16-24(41(55)56)31-32-25(18-28(45-32)42(57)58)36(49)38(51)34(31)43-26/h15-18,45H,2-14,19H2,1H3,(H,46,52)(H,53,54)(H,55,56)(H,57,58). The van der Waals surface area contributed by atoms with E-state index in [1.165, 1.54) is 0 Å². The molecule has 3 aliphatic carbocycles. The molecule has 0 aliphatic heterocycles. The number of nitrogens with zero attached hydrogens (tertiary/aromatic N) is 2. The number of ketones is 5. The molecule has 0 fully saturated rings. The quantitative estimate of drug-likeness (QED) is 0.0244. The number of pyridine rings is 2. The molecule has 3 aromatic heterocycles. The van der Waals surface area contributed by atoms with Crippen LogP contribution in [0.25, 0.3) is 16.8 Å². The summed E-state index contributed by atoms with van der Waals surface area (Å²) in [4.78, 5) is 128. The van der Waals surface area contributed by atoms with Gasteiger partial charge in [0.05, 0.1) is 29.0 Å². The van der Waals surface area contributed by atoms with Crippen molar-refractivity contribution in [2.75, 3.05) is 31.3 Å². The number of allylic oxidation sites excluding steroid dienone is 4. The molecule has 0 bridgehead atoms. The first kappa shape index (κ1) is 45.4. The van der Waals surface area contributed by atoms with Crippen molar-refractivity contribution in [2.24, 2.45) is 0 Å². The normalized spacial score (nSPS) is 14.0. The summed E-state index contributed by atoms with van der Waals surface area (Å²) in [5.74, 6) is -7.81. The van der Waals surface area contributed by atoms with E-state index in [1.54, 1.807) is 34.6 Å². The van der Waals surface area contributed by atoms with Crippen molar-refractivity contribution >= 4 is 79.9 Å². The van der Waals surface area contributed by atoms with Gasteiger partial charge in [0.25, 0.3) is 17.5 Å². The van der Waals surface area contributed by atoms with Gasteiger partial charge >= 0.3 is 17.9 Å². The number of hydrogen-bond donors (Lipinski definition) is 5. The van der Waals surface area contributed by atoms with Gasteiger partial charge in [-0.1, -0.05) is 58.9 Å². The number of aromatic amines is 1. The monoisotopic (exact) mass is 888 g/mol. The summed E-state index contributed by atoms with van der Waals surface area (Å²) in [7, 11) is 3.57. The molecule has 324 valence electrons. The zero-order valence-electron chi connectivity index (χ0n) is 33.3. The van der Waals surface area contributed by atoms with Crippen LogP contribution in [0.1, 0.15) is 154 Å². The molecule has 3 aromatic rings. The summed E-state index contributed by atoms with van der Waals surface area (Å²) in [5.41, 5.74) is 0.207. The number of nitrogens with one attached hydrogen (secondary N) is 2. The average molecular weight is 889 g/mol. The van der Waals surface area contributed by atoms with Crippen LogP contribution in [-0.4, -0.2) is 114 Å². The number of carbonyl (C=O) groups is 9. The molecular weight excluding hydrogens is 849 g/mol. The number of carboxylic acids is 3. The number of aromatic nitrogens is 3. The Bertz CT molecular complexity index is 2490. The maximum atomic E-state index is 12.8. The van der Waals surface area contributed by atoms with Gasteiger partial charge < -0.3 is 25.0 Å². The Labute approximate surface area is 360 Å². The molecule has 0 unspecified atom stereocenters. The Hall–Kier alpha value is -6.09. The van der Waals surface area contributed by atoms with Crippen molar-refractivity contribution in [1.82, 2.24) is 20.4 Å². The van der Waals surface area contributed by atoms with Gasteiger partial charge in [0.15, 0.2) is 0 Å². The number of rotatable bonds is 23. The van der Waals surface area contributed by atoms with Gasteiger partial charge in [-0.25, -0.2) is 29.8 Å². The molecule has 0 saturated heterocycles. The molecule has 0 atom stereocenters. The number of hydroxylamine groups is 1. The number of carboxylic acid groups (broad SMARTS) is 3. The molecule has 18 nitrogen and oxygen atoms in total. The number of unbranched alkanes of at least 4 members (excludes halogenated alkanes) is 6. The van der Waals surface area contributed by atoms with E-state index in [9.17, 15) is 58.5 Å². The van der Waals surface area contributed by atoms with Crippen molar-refractivity contribution < 1.29 is 68.0 Å². The van der Waals surface area contributed by atoms with Crippen LogP contribution < -0.4 is 5.48 Å². The zero-order valence-corrected chi connectivity index (χ0v) is 34.9. The maximum absolute atomic E-state index is 12.8. The summed E-state index contributed by atoms with van der Waals surface area (Å²) in [5, 5.41) is 29.0. The fourth-order valence-corrected chi connectivity index (χ4v) is 9.39. The summed E-state index contributed by atoms with van der Waals surface area (Å²) in [6, 6.07) is 3.02. The smallest absolute Gasteiger partial charge is 0.352 e. The molecule has 1 amide bonds. The van der Waals surface area contributed by atoms with Crippen molar-refractivity contribution in [3.05, 3.63) is 86.1 Å². The molecule has 3 heterocycles. The maximum Gasteiger partial charge on any atom is 0.352 e. The number of H-pyrrole nitrogens is 1. The first-order valence-corrected chi connectivity index (χ1v) is 22.1. The van der Waals surface area contributed by atoms with Crippen molar-refractivity contribution in [2.45, 2.75) is 64.7 Å². The van der Waals surface area contributed by atoms with E-state index in [-0.39, 0.29) is 63.8 Å². The molecule has 5 N–H and O–H groups in total. The molecule has 62 heavy (non-hydrogen) atoms. The summed E-state index contributed by atoms with van der Waals surface area (Å²) in [6.07, 6.45) is 8.83. The van der Waals surface area contributed by atoms with Gasteiger partial charge in [-0.15, -0.1) is 0 Å². The third-order valence-corrected chi connectivity index (χ3v) is 12.7. The second-order valence-corrected chi connectivity index (χ2v) is 17.3. The molecule has 6 rings (SSSR count). The average Bonchev–Trinajstić information content (AvgIpc) is 3.88. The lowest BCUT2D eigenvalue weighted by atomic mass is 9.85. The highest BCUT2D eigenvalue weighted by Crippen LogP contribution is 2.41. The SMILES string of the molecule is CC1=CC2=C(C1)c1c(C(=O)O)cc(C(=O)NOCCCCCCSSCCCCCCOCC(=O)c3cc(C(=O)O)c4c(n3)C(=O)C(=O)c3cc(C(=O)O)[nH]c3-4)nc1C(=O)C2=O. The first-order chi connectivity index (χ1) is 29.7. The van der Waals surface area contributed by atoms with Crippen LogP contribution in [0, 0.1) is 0 Å². The number of aromatic carboxylic acids is 3. The Morgan fingerprint density at radius 3 is 1.95 bits per heavy atom. The zero-order chi connectivity index (χ0) is 44.7. The van der Waals surface area contributed by atoms with Crippen LogP contribution in [0.2, 0.25) is 0 Å². The van der Waals surface area contributed by atoms with Crippen LogP contribution in [0.15, 0.2) is 35.4 Å². The lowest BCUT2D eigenvalue weighted by Crippen LogP contribution is -2.30. The Morgan fingerprint density at radius 1 is 0.710 bits per heavy atom. The molecule has 0 spiro atoms. The van der Waals surface area contributed by atoms with Gasteiger partial charge in [0.2, 0.25) is 17.3 Å². The van der Waals surface area contributed by atoms with Crippen LogP contribution in [0.3, 0.4) is 0 Å². The van der Waals surface area contributed by atoms with E-state index in [2.05, 4.69) is 20.4 Å².